The maximum Gasteiger partial charge on any atom is 0.341 e. The molecular weight excluding hydrogens is 424 g/mol. The molecule has 0 aliphatic carbocycles. The van der Waals surface area contributed by atoms with Crippen LogP contribution in [0.2, 0.25) is 0 Å². The number of carbonyl (C=O) groups is 2. The van der Waals surface area contributed by atoms with E-state index >= 15 is 0 Å². The lowest BCUT2D eigenvalue weighted by Crippen LogP contribution is -2.29. The van der Waals surface area contributed by atoms with Crippen LogP contribution in [0.1, 0.15) is 106 Å². The largest absolute Gasteiger partial charge is 0.478 e. The third kappa shape index (κ3) is 13.4. The van der Waals surface area contributed by atoms with E-state index in [1.807, 2.05) is 0 Å². The third-order valence-electron chi connectivity index (χ3n) is 5.22. The van der Waals surface area contributed by atoms with Crippen LogP contribution in [-0.2, 0) is 18.9 Å². The molecule has 1 aromatic rings. The van der Waals surface area contributed by atoms with Crippen molar-refractivity contribution in [3.8, 4) is 0 Å². The van der Waals surface area contributed by atoms with Crippen LogP contribution in [-0.4, -0.2) is 49.4 Å². The number of esters is 1. The summed E-state index contributed by atoms with van der Waals surface area (Å²) in [5.41, 5.74) is -0.117. The molecule has 0 amide bonds. The first kappa shape index (κ1) is 29.1. The van der Waals surface area contributed by atoms with Crippen LogP contribution in [0, 0.1) is 0 Å². The lowest BCUT2D eigenvalue weighted by molar-refractivity contribution is -0.204. The van der Waals surface area contributed by atoms with Crippen molar-refractivity contribution in [1.29, 1.82) is 0 Å². The van der Waals surface area contributed by atoms with Gasteiger partial charge in [0.25, 0.3) is 0 Å². The SMILES string of the molecule is CCCCCCCOC(COC(C)OC(=O)c1ccccc1C(=O)O)OCCCCCCC. The standard InChI is InChI=1S/C26H42O7/c1-4-6-8-10-14-18-30-24(31-19-15-11-9-7-5-2)20-32-21(3)33-26(29)23-17-13-12-16-22(23)25(27)28/h12-13,16-17,21,24H,4-11,14-15,18-20H2,1-3H3,(H,27,28). The molecule has 0 spiro atoms. The van der Waals surface area contributed by atoms with Crippen molar-refractivity contribution in [3.63, 3.8) is 0 Å². The van der Waals surface area contributed by atoms with Gasteiger partial charge in [-0.2, -0.15) is 0 Å². The van der Waals surface area contributed by atoms with Gasteiger partial charge in [0.2, 0.25) is 6.29 Å². The van der Waals surface area contributed by atoms with Crippen LogP contribution in [0.5, 0.6) is 0 Å². The Balaban J connectivity index is 2.48. The quantitative estimate of drug-likeness (QED) is 0.139. The first-order valence-corrected chi connectivity index (χ1v) is 12.4. The van der Waals surface area contributed by atoms with Gasteiger partial charge in [-0.3, -0.25) is 0 Å². The van der Waals surface area contributed by atoms with Gasteiger partial charge in [0.1, 0.15) is 6.61 Å². The van der Waals surface area contributed by atoms with Crippen molar-refractivity contribution in [2.45, 2.75) is 97.6 Å². The zero-order valence-corrected chi connectivity index (χ0v) is 20.6. The van der Waals surface area contributed by atoms with Crippen LogP contribution in [0.3, 0.4) is 0 Å². The molecule has 0 aliphatic heterocycles. The highest BCUT2D eigenvalue weighted by molar-refractivity contribution is 6.02. The van der Waals surface area contributed by atoms with Gasteiger partial charge in [0, 0.05) is 13.2 Å². The number of aromatic carboxylic acids is 1. The monoisotopic (exact) mass is 466 g/mol. The summed E-state index contributed by atoms with van der Waals surface area (Å²) in [6.07, 6.45) is 10.0. The summed E-state index contributed by atoms with van der Waals surface area (Å²) < 4.78 is 22.7. The minimum absolute atomic E-state index is 0.0105. The predicted octanol–water partition coefficient (Wildman–Crippen LogP) is 6.20. The fourth-order valence-corrected chi connectivity index (χ4v) is 3.30. The maximum atomic E-state index is 12.4. The van der Waals surface area contributed by atoms with Gasteiger partial charge in [-0.15, -0.1) is 0 Å². The number of hydrogen-bond donors (Lipinski definition) is 1. The second kappa shape index (κ2) is 18.5. The third-order valence-corrected chi connectivity index (χ3v) is 5.22. The van der Waals surface area contributed by atoms with E-state index < -0.39 is 24.5 Å². The number of rotatable bonds is 20. The summed E-state index contributed by atoms with van der Waals surface area (Å²) in [5.74, 6) is -1.93. The average molecular weight is 467 g/mol. The Bertz CT molecular complexity index is 646. The van der Waals surface area contributed by atoms with E-state index in [1.54, 1.807) is 19.1 Å². The Labute approximate surface area is 198 Å². The summed E-state index contributed by atoms with van der Waals surface area (Å²) >= 11 is 0. The lowest BCUT2D eigenvalue weighted by Gasteiger charge is -2.21. The molecule has 7 nitrogen and oxygen atoms in total. The zero-order chi connectivity index (χ0) is 24.3. The summed E-state index contributed by atoms with van der Waals surface area (Å²) in [6, 6.07) is 5.94. The molecule has 0 aromatic heterocycles. The topological polar surface area (TPSA) is 91.3 Å². The number of unbranched alkanes of at least 4 members (excludes halogenated alkanes) is 8. The fraction of sp³-hybridized carbons (Fsp3) is 0.692. The first-order chi connectivity index (χ1) is 16.0. The van der Waals surface area contributed by atoms with E-state index in [1.165, 1.54) is 50.7 Å². The second-order valence-corrected chi connectivity index (χ2v) is 8.16. The number of carboxylic acid groups (broad SMARTS) is 1. The van der Waals surface area contributed by atoms with Crippen molar-refractivity contribution < 1.29 is 33.6 Å². The molecule has 1 atom stereocenters. The molecule has 33 heavy (non-hydrogen) atoms. The number of carboxylic acids is 1. The highest BCUT2D eigenvalue weighted by atomic mass is 16.7. The molecule has 7 heteroatoms. The molecular formula is C26H42O7. The molecule has 0 radical (unpaired) electrons. The van der Waals surface area contributed by atoms with Gasteiger partial charge >= 0.3 is 11.9 Å². The summed E-state index contributed by atoms with van der Waals surface area (Å²) in [7, 11) is 0. The summed E-state index contributed by atoms with van der Waals surface area (Å²) in [5, 5.41) is 9.25. The van der Waals surface area contributed by atoms with E-state index in [-0.39, 0.29) is 17.7 Å². The van der Waals surface area contributed by atoms with Crippen LogP contribution in [0.4, 0.5) is 0 Å². The van der Waals surface area contributed by atoms with Gasteiger partial charge < -0.3 is 24.1 Å². The molecule has 0 saturated carbocycles. The van der Waals surface area contributed by atoms with E-state index in [0.29, 0.717) is 13.2 Å². The highest BCUT2D eigenvalue weighted by Crippen LogP contribution is 2.13. The van der Waals surface area contributed by atoms with Crippen LogP contribution in [0.25, 0.3) is 0 Å². The van der Waals surface area contributed by atoms with E-state index in [4.69, 9.17) is 18.9 Å². The summed E-state index contributed by atoms with van der Waals surface area (Å²) in [4.78, 5) is 23.7. The molecule has 1 unspecified atom stereocenters. The molecule has 0 heterocycles. The number of carbonyl (C=O) groups excluding carboxylic acids is 1. The van der Waals surface area contributed by atoms with Crippen LogP contribution >= 0.6 is 0 Å². The Hall–Kier alpha value is -1.96. The second-order valence-electron chi connectivity index (χ2n) is 8.16. The van der Waals surface area contributed by atoms with E-state index in [2.05, 4.69) is 13.8 Å². The lowest BCUT2D eigenvalue weighted by atomic mass is 10.1. The fourth-order valence-electron chi connectivity index (χ4n) is 3.30. The number of ether oxygens (including phenoxy) is 4. The van der Waals surface area contributed by atoms with Gasteiger partial charge in [0.05, 0.1) is 11.1 Å². The number of hydrogen-bond acceptors (Lipinski definition) is 6. The maximum absolute atomic E-state index is 12.4. The van der Waals surface area contributed by atoms with Crippen molar-refractivity contribution in [2.75, 3.05) is 19.8 Å². The molecule has 0 aliphatic rings. The molecule has 1 N–H and O–H groups in total. The molecule has 0 saturated heterocycles. The van der Waals surface area contributed by atoms with Crippen molar-refractivity contribution >= 4 is 11.9 Å². The Morgan fingerprint density at radius 1 is 0.788 bits per heavy atom. The van der Waals surface area contributed by atoms with Gasteiger partial charge in [-0.05, 0) is 31.9 Å². The molecule has 1 rings (SSSR count). The van der Waals surface area contributed by atoms with Crippen molar-refractivity contribution in [3.05, 3.63) is 35.4 Å². The van der Waals surface area contributed by atoms with Crippen molar-refractivity contribution in [1.82, 2.24) is 0 Å². The first-order valence-electron chi connectivity index (χ1n) is 12.4. The Morgan fingerprint density at radius 3 is 1.82 bits per heavy atom. The molecule has 0 fully saturated rings. The Morgan fingerprint density at radius 2 is 1.30 bits per heavy atom. The summed E-state index contributed by atoms with van der Waals surface area (Å²) in [6.45, 7) is 7.27. The van der Waals surface area contributed by atoms with Gasteiger partial charge in [-0.1, -0.05) is 77.3 Å². The van der Waals surface area contributed by atoms with Crippen molar-refractivity contribution in [2.24, 2.45) is 0 Å². The van der Waals surface area contributed by atoms with Gasteiger partial charge in [-0.25, -0.2) is 9.59 Å². The Kier molecular flexibility index (Phi) is 16.3. The van der Waals surface area contributed by atoms with E-state index in [0.717, 1.165) is 25.7 Å². The number of benzene rings is 1. The predicted molar refractivity (Wildman–Crippen MR) is 127 cm³/mol. The highest BCUT2D eigenvalue weighted by Gasteiger charge is 2.20. The normalized spacial score (nSPS) is 12.1. The minimum Gasteiger partial charge on any atom is -0.478 e. The molecule has 1 aromatic carbocycles. The molecule has 188 valence electrons. The zero-order valence-electron chi connectivity index (χ0n) is 20.6. The van der Waals surface area contributed by atoms with Gasteiger partial charge in [0.15, 0.2) is 6.29 Å². The minimum atomic E-state index is -1.18. The van der Waals surface area contributed by atoms with Crippen LogP contribution in [0.15, 0.2) is 24.3 Å². The van der Waals surface area contributed by atoms with E-state index in [9.17, 15) is 14.7 Å². The smallest absolute Gasteiger partial charge is 0.341 e. The van der Waals surface area contributed by atoms with Crippen LogP contribution < -0.4 is 0 Å². The average Bonchev–Trinajstić information content (AvgIpc) is 2.81. The molecule has 0 bridgehead atoms.